The van der Waals surface area contributed by atoms with Gasteiger partial charge in [0.25, 0.3) is 11.8 Å². The van der Waals surface area contributed by atoms with E-state index in [0.717, 1.165) is 16.9 Å². The maximum atomic E-state index is 12.3. The molecule has 7 nitrogen and oxygen atoms in total. The Labute approximate surface area is 122 Å². The predicted molar refractivity (Wildman–Crippen MR) is 67.1 cm³/mol. The van der Waals surface area contributed by atoms with Gasteiger partial charge in [0.15, 0.2) is 5.69 Å². The van der Waals surface area contributed by atoms with Gasteiger partial charge in [-0.3, -0.25) is 30.1 Å². The quantitative estimate of drug-likeness (QED) is 0.819. The minimum Gasteiger partial charge on any atom is -0.271 e. The molecule has 2 heterocycles. The molecule has 10 heteroatoms. The summed E-state index contributed by atoms with van der Waals surface area (Å²) in [5.41, 5.74) is 3.13. The highest BCUT2D eigenvalue weighted by molar-refractivity contribution is 5.93. The van der Waals surface area contributed by atoms with Crippen LogP contribution in [0.3, 0.4) is 0 Å². The first-order chi connectivity index (χ1) is 10.4. The summed E-state index contributed by atoms with van der Waals surface area (Å²) in [5.74, 6) is -1.38. The van der Waals surface area contributed by atoms with E-state index in [2.05, 4.69) is 20.9 Å². The molecule has 0 saturated heterocycles. The number of carbonyl (C=O) groups excluding carboxylic acids is 2. The van der Waals surface area contributed by atoms with Gasteiger partial charge in [0, 0.05) is 12.4 Å². The van der Waals surface area contributed by atoms with Crippen molar-refractivity contribution in [1.82, 2.24) is 25.6 Å². The highest BCUT2D eigenvalue weighted by Gasteiger charge is 2.33. The van der Waals surface area contributed by atoms with Crippen LogP contribution in [0.2, 0.25) is 0 Å². The van der Waals surface area contributed by atoms with Crippen molar-refractivity contribution in [2.24, 2.45) is 0 Å². The third-order valence-corrected chi connectivity index (χ3v) is 2.45. The maximum Gasteiger partial charge on any atom is 0.435 e. The molecule has 2 amide bonds. The monoisotopic (exact) mass is 313 g/mol. The zero-order valence-electron chi connectivity index (χ0n) is 11.0. The Morgan fingerprint density at radius 3 is 2.55 bits per heavy atom. The fourth-order valence-corrected chi connectivity index (χ4v) is 1.48. The van der Waals surface area contributed by atoms with Crippen molar-refractivity contribution >= 4 is 11.8 Å². The number of halogens is 3. The van der Waals surface area contributed by atoms with Gasteiger partial charge in [-0.1, -0.05) is 6.07 Å². The first kappa shape index (κ1) is 15.5. The first-order valence-electron chi connectivity index (χ1n) is 5.97. The minimum atomic E-state index is -4.57. The van der Waals surface area contributed by atoms with Crippen LogP contribution in [0.1, 0.15) is 16.2 Å². The summed E-state index contributed by atoms with van der Waals surface area (Å²) in [4.78, 5) is 26.9. The lowest BCUT2D eigenvalue weighted by molar-refractivity contribution is -0.141. The van der Waals surface area contributed by atoms with Gasteiger partial charge in [0.1, 0.15) is 12.2 Å². The van der Waals surface area contributed by atoms with Crippen LogP contribution < -0.4 is 10.9 Å². The summed E-state index contributed by atoms with van der Waals surface area (Å²) in [6.07, 6.45) is -2.16. The Morgan fingerprint density at radius 1 is 1.18 bits per heavy atom. The van der Waals surface area contributed by atoms with Crippen LogP contribution in [0.15, 0.2) is 36.7 Å². The maximum absolute atomic E-state index is 12.3. The van der Waals surface area contributed by atoms with Crippen molar-refractivity contribution in [3.63, 3.8) is 0 Å². The lowest BCUT2D eigenvalue weighted by Crippen LogP contribution is -2.43. The average molecular weight is 313 g/mol. The first-order valence-corrected chi connectivity index (χ1v) is 5.97. The van der Waals surface area contributed by atoms with Gasteiger partial charge in [0.05, 0.1) is 0 Å². The predicted octanol–water partition coefficient (Wildman–Crippen LogP) is 0.758. The molecule has 0 spiro atoms. The van der Waals surface area contributed by atoms with Crippen molar-refractivity contribution in [3.05, 3.63) is 48.0 Å². The molecule has 2 aromatic rings. The number of amides is 2. The van der Waals surface area contributed by atoms with Gasteiger partial charge in [-0.2, -0.15) is 18.3 Å². The molecular formula is C12H10F3N5O2. The van der Waals surface area contributed by atoms with Gasteiger partial charge in [-0.15, -0.1) is 0 Å². The Hall–Kier alpha value is -2.91. The largest absolute Gasteiger partial charge is 0.435 e. The molecule has 22 heavy (non-hydrogen) atoms. The number of alkyl halides is 3. The second-order valence-electron chi connectivity index (χ2n) is 4.11. The van der Waals surface area contributed by atoms with Gasteiger partial charge < -0.3 is 0 Å². The zero-order chi connectivity index (χ0) is 16.2. The summed E-state index contributed by atoms with van der Waals surface area (Å²) in [6.45, 7) is -0.474. The third-order valence-electron chi connectivity index (χ3n) is 2.45. The van der Waals surface area contributed by atoms with Crippen LogP contribution in [0.4, 0.5) is 13.2 Å². The molecule has 0 unspecified atom stereocenters. The lowest BCUT2D eigenvalue weighted by atomic mass is 10.3. The van der Waals surface area contributed by atoms with E-state index in [-0.39, 0.29) is 5.69 Å². The molecule has 0 bridgehead atoms. The number of aromatic nitrogens is 3. The molecule has 2 N–H and O–H groups in total. The van der Waals surface area contributed by atoms with Crippen LogP contribution in [0.25, 0.3) is 0 Å². The number of rotatable bonds is 3. The van der Waals surface area contributed by atoms with Crippen molar-refractivity contribution in [1.29, 1.82) is 0 Å². The van der Waals surface area contributed by atoms with E-state index in [1.165, 1.54) is 12.3 Å². The standard InChI is InChI=1S/C12H10F3N5O2/c13-12(14,15)9-4-6-20(19-9)7-10(21)17-18-11(22)8-3-1-2-5-16-8/h1-6H,7H2,(H,17,21)(H,18,22). The zero-order valence-corrected chi connectivity index (χ0v) is 11.0. The van der Waals surface area contributed by atoms with E-state index in [9.17, 15) is 22.8 Å². The third kappa shape index (κ3) is 4.04. The van der Waals surface area contributed by atoms with Crippen LogP contribution in [-0.4, -0.2) is 26.6 Å². The lowest BCUT2D eigenvalue weighted by Gasteiger charge is -2.07. The Bertz CT molecular complexity index is 669. The average Bonchev–Trinajstić information content (AvgIpc) is 2.94. The van der Waals surface area contributed by atoms with Crippen LogP contribution in [-0.2, 0) is 17.5 Å². The SMILES string of the molecule is O=C(Cn1ccc(C(F)(F)F)n1)NNC(=O)c1ccccn1. The van der Waals surface area contributed by atoms with E-state index in [4.69, 9.17) is 0 Å². The van der Waals surface area contributed by atoms with Crippen molar-refractivity contribution in [3.8, 4) is 0 Å². The number of nitrogens with one attached hydrogen (secondary N) is 2. The molecule has 0 aliphatic carbocycles. The summed E-state index contributed by atoms with van der Waals surface area (Å²) < 4.78 is 37.8. The fraction of sp³-hybridized carbons (Fsp3) is 0.167. The molecule has 0 aliphatic heterocycles. The second-order valence-corrected chi connectivity index (χ2v) is 4.11. The minimum absolute atomic E-state index is 0.0845. The topological polar surface area (TPSA) is 88.9 Å². The highest BCUT2D eigenvalue weighted by atomic mass is 19.4. The van der Waals surface area contributed by atoms with Crippen molar-refractivity contribution in [2.75, 3.05) is 0 Å². The summed E-state index contributed by atoms with van der Waals surface area (Å²) >= 11 is 0. The second kappa shape index (κ2) is 6.24. The van der Waals surface area contributed by atoms with E-state index >= 15 is 0 Å². The Morgan fingerprint density at radius 2 is 1.95 bits per heavy atom. The van der Waals surface area contributed by atoms with Crippen molar-refractivity contribution < 1.29 is 22.8 Å². The molecule has 2 rings (SSSR count). The number of carbonyl (C=O) groups is 2. The number of hydrogen-bond donors (Lipinski definition) is 2. The van der Waals surface area contributed by atoms with Gasteiger partial charge in [-0.05, 0) is 18.2 Å². The molecular weight excluding hydrogens is 303 g/mol. The molecule has 116 valence electrons. The molecule has 0 atom stereocenters. The number of nitrogens with zero attached hydrogens (tertiary/aromatic N) is 3. The summed E-state index contributed by atoms with van der Waals surface area (Å²) in [7, 11) is 0. The van der Waals surface area contributed by atoms with E-state index in [1.807, 2.05) is 0 Å². The normalized spacial score (nSPS) is 11.0. The number of pyridine rings is 1. The van der Waals surface area contributed by atoms with Gasteiger partial charge in [-0.25, -0.2) is 0 Å². The van der Waals surface area contributed by atoms with Crippen LogP contribution in [0, 0.1) is 0 Å². The highest BCUT2D eigenvalue weighted by Crippen LogP contribution is 2.27. The van der Waals surface area contributed by atoms with Crippen LogP contribution in [0.5, 0.6) is 0 Å². The van der Waals surface area contributed by atoms with E-state index in [0.29, 0.717) is 0 Å². The van der Waals surface area contributed by atoms with Gasteiger partial charge >= 0.3 is 6.18 Å². The fourth-order valence-electron chi connectivity index (χ4n) is 1.48. The Balaban J connectivity index is 1.86. The van der Waals surface area contributed by atoms with E-state index < -0.39 is 30.2 Å². The molecule has 0 fully saturated rings. The smallest absolute Gasteiger partial charge is 0.271 e. The molecule has 2 aromatic heterocycles. The summed E-state index contributed by atoms with van der Waals surface area (Å²) in [5, 5.41) is 3.21. The molecule has 0 aliphatic rings. The van der Waals surface area contributed by atoms with Crippen LogP contribution >= 0.6 is 0 Å². The molecule has 0 saturated carbocycles. The van der Waals surface area contributed by atoms with E-state index in [1.54, 1.807) is 12.1 Å². The summed E-state index contributed by atoms with van der Waals surface area (Å²) in [6, 6.07) is 5.39. The molecule has 0 aromatic carbocycles. The number of hydrogen-bond acceptors (Lipinski definition) is 4. The van der Waals surface area contributed by atoms with Crippen molar-refractivity contribution in [2.45, 2.75) is 12.7 Å². The molecule has 0 radical (unpaired) electrons. The Kier molecular flexibility index (Phi) is 4.39. The van der Waals surface area contributed by atoms with Gasteiger partial charge in [0.2, 0.25) is 0 Å². The number of hydrazine groups is 1.